The van der Waals surface area contributed by atoms with E-state index < -0.39 is 17.7 Å². The van der Waals surface area contributed by atoms with E-state index in [9.17, 15) is 9.59 Å². The van der Waals surface area contributed by atoms with E-state index in [1.807, 2.05) is 0 Å². The van der Waals surface area contributed by atoms with Gasteiger partial charge in [0, 0.05) is 18.8 Å². The third kappa shape index (κ3) is 7.60. The van der Waals surface area contributed by atoms with Crippen LogP contribution in [0.3, 0.4) is 0 Å². The summed E-state index contributed by atoms with van der Waals surface area (Å²) in [5.74, 6) is 0.527. The van der Waals surface area contributed by atoms with E-state index in [0.717, 1.165) is 0 Å². The number of amides is 3. The minimum Gasteiger partial charge on any atom is -0.495 e. The molecule has 0 aromatic heterocycles. The third-order valence-electron chi connectivity index (χ3n) is 2.49. The van der Waals surface area contributed by atoms with E-state index >= 15 is 0 Å². The molecular formula is C15H22ClN3O4. The van der Waals surface area contributed by atoms with Crippen molar-refractivity contribution < 1.29 is 19.1 Å². The van der Waals surface area contributed by atoms with Crippen LogP contribution in [0.2, 0.25) is 5.02 Å². The van der Waals surface area contributed by atoms with Crippen LogP contribution >= 0.6 is 11.6 Å². The van der Waals surface area contributed by atoms with Crippen LogP contribution in [0.15, 0.2) is 18.2 Å². The molecule has 1 aromatic carbocycles. The van der Waals surface area contributed by atoms with E-state index in [1.165, 1.54) is 7.11 Å². The summed E-state index contributed by atoms with van der Waals surface area (Å²) in [6, 6.07) is 4.50. The fraction of sp³-hybridized carbons (Fsp3) is 0.467. The van der Waals surface area contributed by atoms with Crippen molar-refractivity contribution in [3.8, 4) is 5.75 Å². The number of urea groups is 1. The van der Waals surface area contributed by atoms with Crippen LogP contribution in [-0.4, -0.2) is 37.9 Å². The Kier molecular flexibility index (Phi) is 6.96. The van der Waals surface area contributed by atoms with E-state index in [2.05, 4.69) is 16.0 Å². The van der Waals surface area contributed by atoms with Gasteiger partial charge in [0.1, 0.15) is 11.4 Å². The zero-order valence-corrected chi connectivity index (χ0v) is 14.4. The fourth-order valence-electron chi connectivity index (χ4n) is 1.57. The Morgan fingerprint density at radius 3 is 2.39 bits per heavy atom. The molecule has 0 saturated heterocycles. The summed E-state index contributed by atoms with van der Waals surface area (Å²) >= 11 is 5.97. The van der Waals surface area contributed by atoms with Crippen molar-refractivity contribution in [3.63, 3.8) is 0 Å². The van der Waals surface area contributed by atoms with Gasteiger partial charge in [0.25, 0.3) is 0 Å². The van der Waals surface area contributed by atoms with Crippen LogP contribution in [-0.2, 0) is 4.74 Å². The predicted octanol–water partition coefficient (Wildman–Crippen LogP) is 2.99. The predicted molar refractivity (Wildman–Crippen MR) is 89.3 cm³/mol. The Bertz CT molecular complexity index is 558. The van der Waals surface area contributed by atoms with Gasteiger partial charge in [-0.05, 0) is 39.0 Å². The number of benzene rings is 1. The van der Waals surface area contributed by atoms with Gasteiger partial charge in [-0.15, -0.1) is 0 Å². The normalized spacial score (nSPS) is 10.7. The van der Waals surface area contributed by atoms with Crippen LogP contribution in [0.1, 0.15) is 20.8 Å². The number of nitrogens with one attached hydrogen (secondary N) is 3. The number of halogens is 1. The van der Waals surface area contributed by atoms with Crippen molar-refractivity contribution in [2.45, 2.75) is 26.4 Å². The summed E-state index contributed by atoms with van der Waals surface area (Å²) in [7, 11) is 1.51. The van der Waals surface area contributed by atoms with Gasteiger partial charge < -0.3 is 25.4 Å². The zero-order valence-electron chi connectivity index (χ0n) is 13.7. The highest BCUT2D eigenvalue weighted by Gasteiger charge is 2.15. The molecule has 128 valence electrons. The number of hydrogen-bond acceptors (Lipinski definition) is 4. The van der Waals surface area contributed by atoms with Crippen molar-refractivity contribution in [2.24, 2.45) is 0 Å². The first-order valence-electron chi connectivity index (χ1n) is 7.06. The van der Waals surface area contributed by atoms with Crippen LogP contribution in [0.4, 0.5) is 15.3 Å². The Morgan fingerprint density at radius 1 is 1.17 bits per heavy atom. The van der Waals surface area contributed by atoms with Gasteiger partial charge >= 0.3 is 12.1 Å². The second kappa shape index (κ2) is 8.47. The van der Waals surface area contributed by atoms with Gasteiger partial charge in [0.05, 0.1) is 12.1 Å². The van der Waals surface area contributed by atoms with Gasteiger partial charge in [0.2, 0.25) is 0 Å². The maximum Gasteiger partial charge on any atom is 0.407 e. The minimum absolute atomic E-state index is 0.256. The molecule has 1 aromatic rings. The first-order chi connectivity index (χ1) is 10.7. The Labute approximate surface area is 140 Å². The summed E-state index contributed by atoms with van der Waals surface area (Å²) in [5.41, 5.74) is -0.0175. The summed E-state index contributed by atoms with van der Waals surface area (Å²) in [4.78, 5) is 23.1. The number of carbonyl (C=O) groups excluding carboxylic acids is 2. The van der Waals surface area contributed by atoms with Crippen molar-refractivity contribution in [1.29, 1.82) is 0 Å². The largest absolute Gasteiger partial charge is 0.495 e. The van der Waals surface area contributed by atoms with Gasteiger partial charge in [-0.25, -0.2) is 9.59 Å². The SMILES string of the molecule is COc1ccc(NC(=O)NCCNC(=O)OC(C)(C)C)cc1Cl. The molecule has 0 fully saturated rings. The number of anilines is 1. The van der Waals surface area contributed by atoms with E-state index in [4.69, 9.17) is 21.1 Å². The van der Waals surface area contributed by atoms with Crippen molar-refractivity contribution >= 4 is 29.4 Å². The second-order valence-electron chi connectivity index (χ2n) is 5.66. The lowest BCUT2D eigenvalue weighted by Gasteiger charge is -2.19. The standard InChI is InChI=1S/C15H22ClN3O4/c1-15(2,3)23-14(21)18-8-7-17-13(20)19-10-5-6-12(22-4)11(16)9-10/h5-6,9H,7-8H2,1-4H3,(H,18,21)(H2,17,19,20). The molecule has 23 heavy (non-hydrogen) atoms. The lowest BCUT2D eigenvalue weighted by Crippen LogP contribution is -2.39. The molecule has 8 heteroatoms. The Balaban J connectivity index is 2.30. The molecule has 0 spiro atoms. The number of carbonyl (C=O) groups is 2. The number of rotatable bonds is 5. The lowest BCUT2D eigenvalue weighted by atomic mass is 10.2. The molecule has 1 rings (SSSR count). The van der Waals surface area contributed by atoms with Crippen molar-refractivity contribution in [1.82, 2.24) is 10.6 Å². The maximum absolute atomic E-state index is 11.7. The average molecular weight is 344 g/mol. The van der Waals surface area contributed by atoms with Gasteiger partial charge in [-0.3, -0.25) is 0 Å². The van der Waals surface area contributed by atoms with Crippen molar-refractivity contribution in [3.05, 3.63) is 23.2 Å². The summed E-state index contributed by atoms with van der Waals surface area (Å²) in [5, 5.41) is 8.17. The molecule has 7 nitrogen and oxygen atoms in total. The van der Waals surface area contributed by atoms with E-state index in [0.29, 0.717) is 16.5 Å². The van der Waals surface area contributed by atoms with Crippen LogP contribution in [0.5, 0.6) is 5.75 Å². The quantitative estimate of drug-likeness (QED) is 0.717. The summed E-state index contributed by atoms with van der Waals surface area (Å²) in [6.07, 6.45) is -0.526. The van der Waals surface area contributed by atoms with Crippen molar-refractivity contribution in [2.75, 3.05) is 25.5 Å². The van der Waals surface area contributed by atoms with E-state index in [-0.39, 0.29) is 13.1 Å². The van der Waals surface area contributed by atoms with Gasteiger partial charge in [-0.1, -0.05) is 11.6 Å². The van der Waals surface area contributed by atoms with Gasteiger partial charge in [-0.2, -0.15) is 0 Å². The Morgan fingerprint density at radius 2 is 1.83 bits per heavy atom. The highest BCUT2D eigenvalue weighted by Crippen LogP contribution is 2.27. The molecule has 0 aliphatic rings. The highest BCUT2D eigenvalue weighted by molar-refractivity contribution is 6.32. The smallest absolute Gasteiger partial charge is 0.407 e. The Hall–Kier alpha value is -2.15. The first-order valence-corrected chi connectivity index (χ1v) is 7.44. The lowest BCUT2D eigenvalue weighted by molar-refractivity contribution is 0.0528. The molecule has 0 atom stereocenters. The molecule has 0 unspecified atom stereocenters. The third-order valence-corrected chi connectivity index (χ3v) is 2.78. The van der Waals surface area contributed by atoms with Crippen LogP contribution in [0, 0.1) is 0 Å². The summed E-state index contributed by atoms with van der Waals surface area (Å²) in [6.45, 7) is 5.84. The molecule has 0 bridgehead atoms. The monoisotopic (exact) mass is 343 g/mol. The number of hydrogen-bond donors (Lipinski definition) is 3. The number of ether oxygens (including phenoxy) is 2. The fourth-order valence-corrected chi connectivity index (χ4v) is 1.83. The van der Waals surface area contributed by atoms with Gasteiger partial charge in [0.15, 0.2) is 0 Å². The summed E-state index contributed by atoms with van der Waals surface area (Å²) < 4.78 is 10.1. The van der Waals surface area contributed by atoms with Crippen LogP contribution < -0.4 is 20.7 Å². The maximum atomic E-state index is 11.7. The number of alkyl carbamates (subject to hydrolysis) is 1. The molecule has 0 radical (unpaired) electrons. The average Bonchev–Trinajstić information content (AvgIpc) is 2.42. The molecule has 0 aliphatic carbocycles. The van der Waals surface area contributed by atoms with Crippen LogP contribution in [0.25, 0.3) is 0 Å². The first kappa shape index (κ1) is 18.9. The zero-order chi connectivity index (χ0) is 17.5. The topological polar surface area (TPSA) is 88.7 Å². The molecule has 0 aliphatic heterocycles. The minimum atomic E-state index is -0.553. The number of methoxy groups -OCH3 is 1. The van der Waals surface area contributed by atoms with E-state index in [1.54, 1.807) is 39.0 Å². The molecule has 0 heterocycles. The highest BCUT2D eigenvalue weighted by atomic mass is 35.5. The molecule has 3 amide bonds. The molecule has 0 saturated carbocycles. The molecule has 3 N–H and O–H groups in total. The molecular weight excluding hydrogens is 322 g/mol. The second-order valence-corrected chi connectivity index (χ2v) is 6.07.